The average Bonchev–Trinajstić information content (AvgIpc) is 2.80. The number of hydrogen-bond acceptors (Lipinski definition) is 2. The van der Waals surface area contributed by atoms with E-state index in [9.17, 15) is 0 Å². The van der Waals surface area contributed by atoms with E-state index in [0.29, 0.717) is 6.04 Å². The van der Waals surface area contributed by atoms with Crippen LogP contribution < -0.4 is 5.32 Å². The van der Waals surface area contributed by atoms with Crippen LogP contribution >= 0.6 is 0 Å². The molecule has 0 aromatic carbocycles. The quantitative estimate of drug-likeness (QED) is 0.810. The molecule has 1 aliphatic heterocycles. The molecule has 1 N–H and O–H groups in total. The van der Waals surface area contributed by atoms with Crippen LogP contribution in [-0.4, -0.2) is 37.1 Å². The fourth-order valence-corrected chi connectivity index (χ4v) is 3.37. The molecule has 0 aromatic heterocycles. The van der Waals surface area contributed by atoms with Crippen molar-refractivity contribution in [3.05, 3.63) is 0 Å². The van der Waals surface area contributed by atoms with Gasteiger partial charge in [-0.1, -0.05) is 25.7 Å². The summed E-state index contributed by atoms with van der Waals surface area (Å²) < 4.78 is 0. The lowest BCUT2D eigenvalue weighted by atomic mass is 10.0. The van der Waals surface area contributed by atoms with Crippen molar-refractivity contribution in [2.45, 2.75) is 64.3 Å². The SMILES string of the molecule is CC1CCN(CCCC2CCCC2)CCCN1. The van der Waals surface area contributed by atoms with Gasteiger partial charge in [0.1, 0.15) is 0 Å². The number of nitrogens with one attached hydrogen (secondary N) is 1. The van der Waals surface area contributed by atoms with Crippen LogP contribution in [0, 0.1) is 5.92 Å². The minimum Gasteiger partial charge on any atom is -0.314 e. The topological polar surface area (TPSA) is 15.3 Å². The molecular formula is C15H30N2. The minimum atomic E-state index is 0.715. The van der Waals surface area contributed by atoms with E-state index >= 15 is 0 Å². The summed E-state index contributed by atoms with van der Waals surface area (Å²) in [7, 11) is 0. The summed E-state index contributed by atoms with van der Waals surface area (Å²) >= 11 is 0. The van der Waals surface area contributed by atoms with Crippen LogP contribution in [0.15, 0.2) is 0 Å². The van der Waals surface area contributed by atoms with Gasteiger partial charge >= 0.3 is 0 Å². The minimum absolute atomic E-state index is 0.715. The third kappa shape index (κ3) is 4.97. The fourth-order valence-electron chi connectivity index (χ4n) is 3.37. The maximum absolute atomic E-state index is 3.58. The predicted octanol–water partition coefficient (Wildman–Crippen LogP) is 3.03. The zero-order chi connectivity index (χ0) is 11.9. The predicted molar refractivity (Wildman–Crippen MR) is 74.3 cm³/mol. The molecule has 0 radical (unpaired) electrons. The van der Waals surface area contributed by atoms with Gasteiger partial charge in [-0.3, -0.25) is 0 Å². The third-order valence-corrected chi connectivity index (χ3v) is 4.58. The summed E-state index contributed by atoms with van der Waals surface area (Å²) in [5.41, 5.74) is 0. The van der Waals surface area contributed by atoms with Gasteiger partial charge in [-0.15, -0.1) is 0 Å². The second-order valence-electron chi connectivity index (χ2n) is 6.13. The van der Waals surface area contributed by atoms with Crippen LogP contribution in [0.1, 0.15) is 58.3 Å². The van der Waals surface area contributed by atoms with Crippen LogP contribution in [0.2, 0.25) is 0 Å². The Morgan fingerprint density at radius 1 is 1.06 bits per heavy atom. The van der Waals surface area contributed by atoms with Gasteiger partial charge in [-0.25, -0.2) is 0 Å². The van der Waals surface area contributed by atoms with E-state index in [-0.39, 0.29) is 0 Å². The Hall–Kier alpha value is -0.0800. The van der Waals surface area contributed by atoms with Gasteiger partial charge in [0.25, 0.3) is 0 Å². The normalized spacial score (nSPS) is 29.1. The number of rotatable bonds is 4. The van der Waals surface area contributed by atoms with Gasteiger partial charge in [0.2, 0.25) is 0 Å². The molecule has 100 valence electrons. The van der Waals surface area contributed by atoms with Gasteiger partial charge in [0.05, 0.1) is 0 Å². The molecule has 1 aliphatic carbocycles. The van der Waals surface area contributed by atoms with Crippen molar-refractivity contribution in [1.29, 1.82) is 0 Å². The van der Waals surface area contributed by atoms with Crippen molar-refractivity contribution in [3.8, 4) is 0 Å². The second-order valence-corrected chi connectivity index (χ2v) is 6.13. The molecule has 0 aromatic rings. The molecule has 1 saturated carbocycles. The van der Waals surface area contributed by atoms with Crippen LogP contribution in [0.25, 0.3) is 0 Å². The van der Waals surface area contributed by atoms with Crippen molar-refractivity contribution < 1.29 is 0 Å². The molecule has 2 rings (SSSR count). The lowest BCUT2D eigenvalue weighted by Crippen LogP contribution is -2.38. The lowest BCUT2D eigenvalue weighted by molar-refractivity contribution is 0.228. The standard InChI is InChI=1S/C15H30N2/c1-14-9-13-17(12-5-10-16-14)11-4-8-15-6-2-3-7-15/h14-16H,2-13H2,1H3. The summed E-state index contributed by atoms with van der Waals surface area (Å²) in [5.74, 6) is 1.07. The van der Waals surface area contributed by atoms with E-state index in [2.05, 4.69) is 17.1 Å². The molecule has 1 saturated heterocycles. The van der Waals surface area contributed by atoms with E-state index in [1.807, 2.05) is 0 Å². The Kier molecular flexibility index (Phi) is 5.79. The highest BCUT2D eigenvalue weighted by atomic mass is 15.1. The Morgan fingerprint density at radius 2 is 1.88 bits per heavy atom. The molecule has 0 spiro atoms. The van der Waals surface area contributed by atoms with E-state index in [0.717, 1.165) is 5.92 Å². The molecule has 1 atom stereocenters. The molecule has 2 aliphatic rings. The van der Waals surface area contributed by atoms with E-state index in [1.54, 1.807) is 0 Å². The van der Waals surface area contributed by atoms with Crippen molar-refractivity contribution in [1.82, 2.24) is 10.2 Å². The summed E-state index contributed by atoms with van der Waals surface area (Å²) in [6, 6.07) is 0.715. The Labute approximate surface area is 107 Å². The second kappa shape index (κ2) is 7.38. The Morgan fingerprint density at radius 3 is 2.71 bits per heavy atom. The zero-order valence-electron chi connectivity index (χ0n) is 11.6. The zero-order valence-corrected chi connectivity index (χ0v) is 11.6. The Balaban J connectivity index is 1.59. The third-order valence-electron chi connectivity index (χ3n) is 4.58. The van der Waals surface area contributed by atoms with Crippen molar-refractivity contribution in [3.63, 3.8) is 0 Å². The van der Waals surface area contributed by atoms with Gasteiger partial charge in [-0.05, 0) is 64.7 Å². The van der Waals surface area contributed by atoms with Crippen LogP contribution in [-0.2, 0) is 0 Å². The molecule has 2 heteroatoms. The van der Waals surface area contributed by atoms with Crippen molar-refractivity contribution in [2.75, 3.05) is 26.2 Å². The lowest BCUT2D eigenvalue weighted by Gasteiger charge is -2.28. The first-order valence-corrected chi connectivity index (χ1v) is 7.80. The molecule has 1 heterocycles. The molecule has 17 heavy (non-hydrogen) atoms. The summed E-state index contributed by atoms with van der Waals surface area (Å²) in [4.78, 5) is 2.70. The molecule has 2 nitrogen and oxygen atoms in total. The fraction of sp³-hybridized carbons (Fsp3) is 1.00. The van der Waals surface area contributed by atoms with E-state index in [1.165, 1.54) is 77.5 Å². The van der Waals surface area contributed by atoms with E-state index in [4.69, 9.17) is 0 Å². The summed E-state index contributed by atoms with van der Waals surface area (Å²) in [5, 5.41) is 3.58. The first-order valence-electron chi connectivity index (χ1n) is 7.80. The summed E-state index contributed by atoms with van der Waals surface area (Å²) in [6.07, 6.45) is 11.6. The monoisotopic (exact) mass is 238 g/mol. The summed E-state index contributed by atoms with van der Waals surface area (Å²) in [6.45, 7) is 7.49. The molecule has 0 amide bonds. The maximum Gasteiger partial charge on any atom is 0.00509 e. The molecule has 2 fully saturated rings. The van der Waals surface area contributed by atoms with Crippen LogP contribution in [0.4, 0.5) is 0 Å². The Bertz CT molecular complexity index is 199. The maximum atomic E-state index is 3.58. The molecular weight excluding hydrogens is 208 g/mol. The number of hydrogen-bond donors (Lipinski definition) is 1. The van der Waals surface area contributed by atoms with Crippen molar-refractivity contribution >= 4 is 0 Å². The largest absolute Gasteiger partial charge is 0.314 e. The molecule has 1 unspecified atom stereocenters. The van der Waals surface area contributed by atoms with E-state index < -0.39 is 0 Å². The van der Waals surface area contributed by atoms with Crippen LogP contribution in [0.5, 0.6) is 0 Å². The van der Waals surface area contributed by atoms with Crippen molar-refractivity contribution in [2.24, 2.45) is 5.92 Å². The molecule has 0 bridgehead atoms. The van der Waals surface area contributed by atoms with Crippen LogP contribution in [0.3, 0.4) is 0 Å². The van der Waals surface area contributed by atoms with Gasteiger partial charge in [0, 0.05) is 6.04 Å². The first-order chi connectivity index (χ1) is 8.34. The van der Waals surface area contributed by atoms with Gasteiger partial charge in [0.15, 0.2) is 0 Å². The van der Waals surface area contributed by atoms with Gasteiger partial charge < -0.3 is 10.2 Å². The highest BCUT2D eigenvalue weighted by Gasteiger charge is 2.16. The highest BCUT2D eigenvalue weighted by Crippen LogP contribution is 2.28. The number of nitrogens with zero attached hydrogens (tertiary/aromatic N) is 1. The first kappa shape index (κ1) is 13.4. The highest BCUT2D eigenvalue weighted by molar-refractivity contribution is 4.72. The smallest absolute Gasteiger partial charge is 0.00509 e. The van der Waals surface area contributed by atoms with Gasteiger partial charge in [-0.2, -0.15) is 0 Å². The average molecular weight is 238 g/mol.